The van der Waals surface area contributed by atoms with E-state index >= 15 is 0 Å². The summed E-state index contributed by atoms with van der Waals surface area (Å²) in [4.78, 5) is 29.2. The number of benzene rings is 3. The zero-order valence-electron chi connectivity index (χ0n) is 17.4. The minimum atomic E-state index is -0.572. The van der Waals surface area contributed by atoms with Gasteiger partial charge in [0.25, 0.3) is 0 Å². The number of carbonyl (C=O) groups excluding carboxylic acids is 2. The second kappa shape index (κ2) is 10.2. The fourth-order valence-corrected chi connectivity index (χ4v) is 3.66. The van der Waals surface area contributed by atoms with Crippen molar-refractivity contribution in [1.82, 2.24) is 0 Å². The van der Waals surface area contributed by atoms with Crippen LogP contribution in [0, 0.1) is 3.57 Å². The van der Waals surface area contributed by atoms with E-state index in [1.165, 1.54) is 0 Å². The molecule has 0 saturated heterocycles. The molecule has 4 rings (SSSR count). The number of halogens is 2. The van der Waals surface area contributed by atoms with Gasteiger partial charge in [-0.25, -0.2) is 14.6 Å². The lowest BCUT2D eigenvalue weighted by Crippen LogP contribution is -2.10. The molecule has 0 spiro atoms. The van der Waals surface area contributed by atoms with Crippen molar-refractivity contribution in [2.24, 2.45) is 4.99 Å². The first-order valence-corrected chi connectivity index (χ1v) is 11.4. The van der Waals surface area contributed by atoms with Crippen molar-refractivity contribution in [2.75, 3.05) is 6.61 Å². The summed E-state index contributed by atoms with van der Waals surface area (Å²) in [5, 5.41) is 0.158. The van der Waals surface area contributed by atoms with Crippen LogP contribution < -0.4 is 9.47 Å². The van der Waals surface area contributed by atoms with Crippen molar-refractivity contribution in [3.63, 3.8) is 0 Å². The van der Waals surface area contributed by atoms with E-state index in [9.17, 15) is 9.59 Å². The van der Waals surface area contributed by atoms with Crippen molar-refractivity contribution in [3.8, 4) is 11.5 Å². The second-order valence-electron chi connectivity index (χ2n) is 6.86. The van der Waals surface area contributed by atoms with Crippen LogP contribution in [0.2, 0.25) is 5.02 Å². The first-order valence-electron chi connectivity index (χ1n) is 9.96. The van der Waals surface area contributed by atoms with E-state index < -0.39 is 11.9 Å². The Morgan fingerprint density at radius 3 is 2.55 bits per heavy atom. The van der Waals surface area contributed by atoms with E-state index in [0.717, 1.165) is 3.57 Å². The summed E-state index contributed by atoms with van der Waals surface area (Å²) in [5.41, 5.74) is 1.75. The second-order valence-corrected chi connectivity index (χ2v) is 8.51. The molecule has 0 atom stereocenters. The van der Waals surface area contributed by atoms with Gasteiger partial charge in [-0.3, -0.25) is 0 Å². The van der Waals surface area contributed by atoms with Crippen LogP contribution in [0.15, 0.2) is 77.4 Å². The van der Waals surface area contributed by atoms with Gasteiger partial charge < -0.3 is 14.2 Å². The van der Waals surface area contributed by atoms with E-state index in [4.69, 9.17) is 25.8 Å². The summed E-state index contributed by atoms with van der Waals surface area (Å²) in [7, 11) is 0. The van der Waals surface area contributed by atoms with Crippen LogP contribution in [0.4, 0.5) is 0 Å². The van der Waals surface area contributed by atoms with E-state index in [-0.39, 0.29) is 28.1 Å². The standard InChI is InChI=1S/C25H17ClINO5/c1-2-31-21-14-15(12-19(26)22(21)32-24(29)17-6-4-3-5-7-17)13-20-25(30)33-23(28-20)16-8-10-18(27)11-9-16/h3-14H,2H2,1H3/b20-13-. The maximum atomic E-state index is 12.5. The Morgan fingerprint density at radius 1 is 1.12 bits per heavy atom. The van der Waals surface area contributed by atoms with E-state index in [0.29, 0.717) is 23.3 Å². The molecule has 0 unspecified atom stereocenters. The molecule has 0 aliphatic carbocycles. The number of cyclic esters (lactones) is 1. The number of hydrogen-bond acceptors (Lipinski definition) is 6. The van der Waals surface area contributed by atoms with Crippen molar-refractivity contribution in [3.05, 3.63) is 97.7 Å². The molecule has 0 aromatic heterocycles. The third-order valence-electron chi connectivity index (χ3n) is 4.55. The molecule has 3 aromatic rings. The molecule has 0 radical (unpaired) electrons. The van der Waals surface area contributed by atoms with Gasteiger partial charge >= 0.3 is 11.9 Å². The highest BCUT2D eigenvalue weighted by Gasteiger charge is 2.25. The Morgan fingerprint density at radius 2 is 1.85 bits per heavy atom. The first-order chi connectivity index (χ1) is 15.9. The Kier molecular flexibility index (Phi) is 7.10. The Labute approximate surface area is 209 Å². The monoisotopic (exact) mass is 573 g/mol. The van der Waals surface area contributed by atoms with Gasteiger partial charge in [-0.2, -0.15) is 0 Å². The van der Waals surface area contributed by atoms with Crippen molar-refractivity contribution in [1.29, 1.82) is 0 Å². The normalized spacial score (nSPS) is 14.1. The summed E-state index contributed by atoms with van der Waals surface area (Å²) < 4.78 is 17.5. The smallest absolute Gasteiger partial charge is 0.363 e. The molecule has 0 amide bonds. The highest BCUT2D eigenvalue weighted by atomic mass is 127. The van der Waals surface area contributed by atoms with E-state index in [1.807, 2.05) is 24.3 Å². The highest BCUT2D eigenvalue weighted by molar-refractivity contribution is 14.1. The number of ether oxygens (including phenoxy) is 3. The molecule has 0 N–H and O–H groups in total. The zero-order chi connectivity index (χ0) is 23.4. The van der Waals surface area contributed by atoms with Crippen LogP contribution in [-0.4, -0.2) is 24.4 Å². The van der Waals surface area contributed by atoms with Crippen LogP contribution in [-0.2, 0) is 9.53 Å². The predicted octanol–water partition coefficient (Wildman–Crippen LogP) is 5.91. The Balaban J connectivity index is 1.64. The summed E-state index contributed by atoms with van der Waals surface area (Å²) in [5.74, 6) is -0.527. The van der Waals surface area contributed by atoms with Gasteiger partial charge in [0.05, 0.1) is 17.2 Å². The van der Waals surface area contributed by atoms with Gasteiger partial charge in [-0.1, -0.05) is 29.8 Å². The number of esters is 2. The molecular formula is C25H17ClINO5. The molecular weight excluding hydrogens is 557 g/mol. The maximum absolute atomic E-state index is 12.5. The van der Waals surface area contributed by atoms with Gasteiger partial charge in [-0.05, 0) is 89.7 Å². The quantitative estimate of drug-likeness (QED) is 0.159. The van der Waals surface area contributed by atoms with Gasteiger partial charge in [-0.15, -0.1) is 0 Å². The average Bonchev–Trinajstić information content (AvgIpc) is 3.17. The zero-order valence-corrected chi connectivity index (χ0v) is 20.3. The van der Waals surface area contributed by atoms with Gasteiger partial charge in [0, 0.05) is 9.13 Å². The van der Waals surface area contributed by atoms with E-state index in [2.05, 4.69) is 27.6 Å². The van der Waals surface area contributed by atoms with Crippen molar-refractivity contribution >= 4 is 58.1 Å². The lowest BCUT2D eigenvalue weighted by molar-refractivity contribution is -0.129. The molecule has 1 aliphatic rings. The molecule has 1 heterocycles. The fourth-order valence-electron chi connectivity index (χ4n) is 3.04. The summed E-state index contributed by atoms with van der Waals surface area (Å²) >= 11 is 8.62. The lowest BCUT2D eigenvalue weighted by atomic mass is 10.1. The number of nitrogens with zero attached hydrogens (tertiary/aromatic N) is 1. The minimum Gasteiger partial charge on any atom is -0.490 e. The van der Waals surface area contributed by atoms with E-state index in [1.54, 1.807) is 55.5 Å². The average molecular weight is 574 g/mol. The summed E-state index contributed by atoms with van der Waals surface area (Å²) in [6.07, 6.45) is 1.54. The number of aliphatic imine (C=N–C) groups is 1. The predicted molar refractivity (Wildman–Crippen MR) is 134 cm³/mol. The third kappa shape index (κ3) is 5.43. The van der Waals surface area contributed by atoms with Crippen LogP contribution in [0.25, 0.3) is 6.08 Å². The van der Waals surface area contributed by atoms with Crippen LogP contribution >= 0.6 is 34.2 Å². The molecule has 3 aromatic carbocycles. The minimum absolute atomic E-state index is 0.103. The maximum Gasteiger partial charge on any atom is 0.363 e. The topological polar surface area (TPSA) is 74.2 Å². The first kappa shape index (κ1) is 23.0. The molecule has 6 nitrogen and oxygen atoms in total. The molecule has 33 heavy (non-hydrogen) atoms. The molecule has 8 heteroatoms. The molecule has 0 fully saturated rings. The highest BCUT2D eigenvalue weighted by Crippen LogP contribution is 2.38. The summed E-state index contributed by atoms with van der Waals surface area (Å²) in [6, 6.07) is 19.2. The molecule has 1 aliphatic heterocycles. The van der Waals surface area contributed by atoms with Gasteiger partial charge in [0.1, 0.15) is 0 Å². The van der Waals surface area contributed by atoms with Crippen molar-refractivity contribution < 1.29 is 23.8 Å². The number of hydrogen-bond donors (Lipinski definition) is 0. The molecule has 166 valence electrons. The van der Waals surface area contributed by atoms with Crippen LogP contribution in [0.3, 0.4) is 0 Å². The lowest BCUT2D eigenvalue weighted by Gasteiger charge is -2.13. The number of carbonyl (C=O) groups is 2. The SMILES string of the molecule is CCOc1cc(/C=C2\N=C(c3ccc(I)cc3)OC2=O)cc(Cl)c1OC(=O)c1ccccc1. The van der Waals surface area contributed by atoms with Crippen molar-refractivity contribution in [2.45, 2.75) is 6.92 Å². The number of rotatable bonds is 6. The Hall–Kier alpha value is -3.17. The largest absolute Gasteiger partial charge is 0.490 e. The van der Waals surface area contributed by atoms with Gasteiger partial charge in [0.15, 0.2) is 17.2 Å². The fraction of sp³-hybridized carbons (Fsp3) is 0.0800. The van der Waals surface area contributed by atoms with Gasteiger partial charge in [0.2, 0.25) is 5.90 Å². The molecule has 0 saturated carbocycles. The Bertz CT molecular complexity index is 1270. The molecule has 0 bridgehead atoms. The third-order valence-corrected chi connectivity index (χ3v) is 5.55. The van der Waals surface area contributed by atoms with Crippen LogP contribution in [0.1, 0.15) is 28.4 Å². The summed E-state index contributed by atoms with van der Waals surface area (Å²) in [6.45, 7) is 2.12. The van der Waals surface area contributed by atoms with Crippen LogP contribution in [0.5, 0.6) is 11.5 Å².